The molecule has 0 aliphatic heterocycles. The second-order valence-corrected chi connectivity index (χ2v) is 11.5. The van der Waals surface area contributed by atoms with Gasteiger partial charge in [0, 0.05) is 29.2 Å². The van der Waals surface area contributed by atoms with E-state index in [0.717, 1.165) is 14.9 Å². The summed E-state index contributed by atoms with van der Waals surface area (Å²) in [6.45, 7) is 2.29. The highest BCUT2D eigenvalue weighted by Gasteiger charge is 2.34. The van der Waals surface area contributed by atoms with E-state index in [1.165, 1.54) is 23.9 Å². The van der Waals surface area contributed by atoms with Crippen LogP contribution in [-0.2, 0) is 21.0 Å². The Labute approximate surface area is 208 Å². The number of aryl methyl sites for hydroxylation is 1. The summed E-state index contributed by atoms with van der Waals surface area (Å²) in [5.41, 5.74) is 1.31. The first-order chi connectivity index (χ1) is 16.1. The van der Waals surface area contributed by atoms with Gasteiger partial charge in [-0.3, -0.25) is 13.7 Å². The summed E-state index contributed by atoms with van der Waals surface area (Å²) in [5, 5.41) is 22.6. The van der Waals surface area contributed by atoms with Gasteiger partial charge in [0.25, 0.3) is 0 Å². The standard InChI is InChI=1S/C20H23BrN6O5S2/c1-11-12(7-27-8-14(21)5-25-27)3-18(33-11)19(29)16-6-23-10-24-20(16)26-15-2-13(17(28)4-15)9-32-34(22,30)31/h3,5-6,8,10,13,15,17,28H,2,4,7,9H2,1H3,(H2,22,30,31)(H,23,24,26)/t13-,15-,17+/m1/s1. The summed E-state index contributed by atoms with van der Waals surface area (Å²) in [5.74, 6) is -0.271. The van der Waals surface area contributed by atoms with E-state index in [1.54, 1.807) is 10.9 Å². The van der Waals surface area contributed by atoms with Crippen LogP contribution in [-0.4, -0.2) is 57.8 Å². The topological polar surface area (TPSA) is 162 Å². The van der Waals surface area contributed by atoms with Gasteiger partial charge >= 0.3 is 10.3 Å². The number of aliphatic hydroxyl groups excluding tert-OH is 1. The van der Waals surface area contributed by atoms with E-state index >= 15 is 0 Å². The first-order valence-corrected chi connectivity index (χ1v) is 13.4. The van der Waals surface area contributed by atoms with Crippen molar-refractivity contribution in [3.63, 3.8) is 0 Å². The van der Waals surface area contributed by atoms with Gasteiger partial charge in [0.05, 0.1) is 40.4 Å². The van der Waals surface area contributed by atoms with Crippen LogP contribution in [0.25, 0.3) is 0 Å². The van der Waals surface area contributed by atoms with E-state index in [-0.39, 0.29) is 18.4 Å². The van der Waals surface area contributed by atoms with Gasteiger partial charge in [0.1, 0.15) is 12.1 Å². The van der Waals surface area contributed by atoms with Gasteiger partial charge in [0.15, 0.2) is 0 Å². The quantitative estimate of drug-likeness (QED) is 0.326. The predicted octanol–water partition coefficient (Wildman–Crippen LogP) is 1.86. The average molecular weight is 571 g/mol. The molecule has 0 spiro atoms. The molecule has 1 fully saturated rings. The first kappa shape index (κ1) is 24.9. The van der Waals surface area contributed by atoms with Crippen LogP contribution in [0, 0.1) is 12.8 Å². The van der Waals surface area contributed by atoms with Crippen LogP contribution in [0.4, 0.5) is 5.82 Å². The number of rotatable bonds is 9. The lowest BCUT2D eigenvalue weighted by atomic mass is 10.1. The molecule has 34 heavy (non-hydrogen) atoms. The van der Waals surface area contributed by atoms with Crippen molar-refractivity contribution in [2.75, 3.05) is 11.9 Å². The van der Waals surface area contributed by atoms with Crippen molar-refractivity contribution in [1.29, 1.82) is 0 Å². The van der Waals surface area contributed by atoms with Crippen LogP contribution in [0.5, 0.6) is 0 Å². The van der Waals surface area contributed by atoms with Crippen molar-refractivity contribution in [3.05, 3.63) is 56.3 Å². The number of halogens is 1. The number of aliphatic hydroxyl groups is 1. The highest BCUT2D eigenvalue weighted by molar-refractivity contribution is 9.10. The Kier molecular flexibility index (Phi) is 7.45. The van der Waals surface area contributed by atoms with Crippen LogP contribution in [0.3, 0.4) is 0 Å². The van der Waals surface area contributed by atoms with Gasteiger partial charge in [-0.05, 0) is 47.3 Å². The number of ketones is 1. The van der Waals surface area contributed by atoms with Gasteiger partial charge in [-0.2, -0.15) is 13.5 Å². The fourth-order valence-electron chi connectivity index (χ4n) is 3.91. The summed E-state index contributed by atoms with van der Waals surface area (Å²) in [6, 6.07) is 1.62. The van der Waals surface area contributed by atoms with Crippen molar-refractivity contribution in [1.82, 2.24) is 19.7 Å². The molecule has 0 unspecified atom stereocenters. The van der Waals surface area contributed by atoms with Crippen molar-refractivity contribution in [2.45, 2.75) is 38.5 Å². The van der Waals surface area contributed by atoms with E-state index < -0.39 is 22.3 Å². The van der Waals surface area contributed by atoms with Crippen LogP contribution in [0.2, 0.25) is 0 Å². The molecule has 0 radical (unpaired) electrons. The molecule has 1 aliphatic carbocycles. The zero-order valence-electron chi connectivity index (χ0n) is 18.1. The van der Waals surface area contributed by atoms with Crippen molar-refractivity contribution < 1.29 is 22.5 Å². The summed E-state index contributed by atoms with van der Waals surface area (Å²) in [7, 11) is -4.08. The number of hydrogen-bond acceptors (Lipinski definition) is 10. The number of hydrogen-bond donors (Lipinski definition) is 3. The van der Waals surface area contributed by atoms with E-state index in [1.807, 2.05) is 19.2 Å². The molecule has 14 heteroatoms. The monoisotopic (exact) mass is 570 g/mol. The molecule has 0 saturated heterocycles. The second-order valence-electron chi connectivity index (χ2n) is 8.08. The SMILES string of the molecule is Cc1sc(C(=O)c2cncnc2N[C@@H]2C[C@H](COS(N)(=O)=O)[C@@H](O)C2)cc1Cn1cc(Br)cn1. The Morgan fingerprint density at radius 2 is 2.21 bits per heavy atom. The molecule has 11 nitrogen and oxygen atoms in total. The van der Waals surface area contributed by atoms with Crippen LogP contribution >= 0.6 is 27.3 Å². The Morgan fingerprint density at radius 3 is 2.91 bits per heavy atom. The third-order valence-corrected chi connectivity index (χ3v) is 7.55. The van der Waals surface area contributed by atoms with Gasteiger partial charge in [-0.15, -0.1) is 11.3 Å². The zero-order valence-corrected chi connectivity index (χ0v) is 21.3. The maximum Gasteiger partial charge on any atom is 0.333 e. The minimum absolute atomic E-state index is 0.211. The fraction of sp³-hybridized carbons (Fsp3) is 0.400. The van der Waals surface area contributed by atoms with Crippen molar-refractivity contribution in [2.24, 2.45) is 11.1 Å². The predicted molar refractivity (Wildman–Crippen MR) is 129 cm³/mol. The first-order valence-electron chi connectivity index (χ1n) is 10.3. The Balaban J connectivity index is 1.47. The number of carbonyl (C=O) groups excluding carboxylic acids is 1. The molecule has 182 valence electrons. The molecule has 3 aromatic heterocycles. The van der Waals surface area contributed by atoms with E-state index in [9.17, 15) is 18.3 Å². The molecule has 0 amide bonds. The summed E-state index contributed by atoms with van der Waals surface area (Å²) in [4.78, 5) is 23.1. The lowest BCUT2D eigenvalue weighted by Gasteiger charge is -2.15. The smallest absolute Gasteiger partial charge is 0.333 e. The Morgan fingerprint density at radius 1 is 1.41 bits per heavy atom. The molecule has 4 rings (SSSR count). The van der Waals surface area contributed by atoms with Gasteiger partial charge in [-0.25, -0.2) is 15.1 Å². The molecule has 1 aliphatic rings. The Bertz CT molecular complexity index is 1290. The number of carbonyl (C=O) groups is 1. The van der Waals surface area contributed by atoms with Gasteiger partial charge in [-0.1, -0.05) is 0 Å². The molecule has 3 heterocycles. The highest BCUT2D eigenvalue weighted by Crippen LogP contribution is 2.31. The molecule has 0 bridgehead atoms. The fourth-order valence-corrected chi connectivity index (χ4v) is 5.59. The maximum atomic E-state index is 13.3. The maximum absolute atomic E-state index is 13.3. The van der Waals surface area contributed by atoms with E-state index in [0.29, 0.717) is 35.6 Å². The number of thiophene rings is 1. The Hall–Kier alpha value is -2.23. The van der Waals surface area contributed by atoms with Gasteiger partial charge in [0.2, 0.25) is 5.78 Å². The third kappa shape index (κ3) is 6.06. The molecule has 4 N–H and O–H groups in total. The number of aromatic nitrogens is 4. The van der Waals surface area contributed by atoms with Gasteiger partial charge < -0.3 is 10.4 Å². The molecule has 3 atom stereocenters. The number of nitrogens with one attached hydrogen (secondary N) is 1. The third-order valence-electron chi connectivity index (χ3n) is 5.58. The minimum atomic E-state index is -4.08. The van der Waals surface area contributed by atoms with Crippen LogP contribution in [0.1, 0.15) is 38.5 Å². The molecule has 3 aromatic rings. The lowest BCUT2D eigenvalue weighted by Crippen LogP contribution is -2.24. The summed E-state index contributed by atoms with van der Waals surface area (Å²) in [6.07, 6.45) is 6.37. The van der Waals surface area contributed by atoms with E-state index in [2.05, 4.69) is 40.5 Å². The average Bonchev–Trinajstić information content (AvgIpc) is 3.45. The normalized spacial score (nSPS) is 20.5. The minimum Gasteiger partial charge on any atom is -0.393 e. The van der Waals surface area contributed by atoms with Crippen molar-refractivity contribution in [3.8, 4) is 0 Å². The molecule has 0 aromatic carbocycles. The van der Waals surface area contributed by atoms with Crippen LogP contribution in [0.15, 0.2) is 35.5 Å². The molecular formula is C20H23BrN6O5S2. The van der Waals surface area contributed by atoms with Crippen LogP contribution < -0.4 is 10.5 Å². The van der Waals surface area contributed by atoms with E-state index in [4.69, 9.17) is 5.14 Å². The zero-order chi connectivity index (χ0) is 24.5. The van der Waals surface area contributed by atoms with Crippen molar-refractivity contribution >= 4 is 49.2 Å². The highest BCUT2D eigenvalue weighted by atomic mass is 79.9. The summed E-state index contributed by atoms with van der Waals surface area (Å²) >= 11 is 4.77. The summed E-state index contributed by atoms with van der Waals surface area (Å²) < 4.78 is 29.4. The number of nitrogens with two attached hydrogens (primary N) is 1. The number of anilines is 1. The second kappa shape index (κ2) is 10.2. The lowest BCUT2D eigenvalue weighted by molar-refractivity contribution is 0.101. The number of nitrogens with zero attached hydrogens (tertiary/aromatic N) is 4. The molecule has 1 saturated carbocycles. The molecular weight excluding hydrogens is 548 g/mol. The largest absolute Gasteiger partial charge is 0.393 e.